The van der Waals surface area contributed by atoms with Crippen LogP contribution in [0.3, 0.4) is 0 Å². The summed E-state index contributed by atoms with van der Waals surface area (Å²) in [5.41, 5.74) is -0.878. The molecule has 1 aliphatic rings. The van der Waals surface area contributed by atoms with Crippen LogP contribution in [0.25, 0.3) is 0 Å². The number of nitrogens with zero attached hydrogens (tertiary/aromatic N) is 4. The number of alkyl halides is 3. The van der Waals surface area contributed by atoms with E-state index in [0.29, 0.717) is 31.3 Å². The second-order valence-electron chi connectivity index (χ2n) is 5.93. The van der Waals surface area contributed by atoms with Gasteiger partial charge < -0.3 is 4.52 Å². The quantitative estimate of drug-likeness (QED) is 0.794. The summed E-state index contributed by atoms with van der Waals surface area (Å²) in [5, 5.41) is 3.80. The van der Waals surface area contributed by atoms with Gasteiger partial charge in [-0.3, -0.25) is 4.90 Å². The topological polar surface area (TPSA) is 79.5 Å². The number of halogens is 3. The van der Waals surface area contributed by atoms with Crippen molar-refractivity contribution >= 4 is 10.0 Å². The monoisotopic (exact) mass is 390 g/mol. The lowest BCUT2D eigenvalue weighted by molar-refractivity contribution is -0.137. The van der Waals surface area contributed by atoms with Crippen molar-refractivity contribution in [3.8, 4) is 0 Å². The van der Waals surface area contributed by atoms with Crippen LogP contribution in [-0.2, 0) is 22.7 Å². The van der Waals surface area contributed by atoms with Gasteiger partial charge in [-0.15, -0.1) is 0 Å². The van der Waals surface area contributed by atoms with E-state index in [2.05, 4.69) is 10.1 Å². The minimum Gasteiger partial charge on any atom is -0.340 e. The lowest BCUT2D eigenvalue weighted by Gasteiger charge is -2.33. The van der Waals surface area contributed by atoms with Crippen molar-refractivity contribution in [3.63, 3.8) is 0 Å². The van der Waals surface area contributed by atoms with Gasteiger partial charge in [0, 0.05) is 33.1 Å². The number of hydrogen-bond acceptors (Lipinski definition) is 6. The largest absolute Gasteiger partial charge is 0.416 e. The molecule has 7 nitrogen and oxygen atoms in total. The molecule has 0 N–H and O–H groups in total. The van der Waals surface area contributed by atoms with Gasteiger partial charge >= 0.3 is 6.18 Å². The zero-order valence-electron chi connectivity index (χ0n) is 13.9. The zero-order chi connectivity index (χ0) is 18.9. The Bertz CT molecular complexity index is 857. The third-order valence-corrected chi connectivity index (χ3v) is 6.00. The van der Waals surface area contributed by atoms with Crippen LogP contribution in [0.5, 0.6) is 0 Å². The van der Waals surface area contributed by atoms with E-state index >= 15 is 0 Å². The average molecular weight is 390 g/mol. The summed E-state index contributed by atoms with van der Waals surface area (Å²) in [7, 11) is -3.83. The molecule has 2 heterocycles. The maximum atomic E-state index is 12.6. The van der Waals surface area contributed by atoms with E-state index < -0.39 is 21.8 Å². The molecule has 1 aliphatic heterocycles. The van der Waals surface area contributed by atoms with Gasteiger partial charge in [0.1, 0.15) is 0 Å². The van der Waals surface area contributed by atoms with E-state index in [-0.39, 0.29) is 18.0 Å². The van der Waals surface area contributed by atoms with Gasteiger partial charge in [0.15, 0.2) is 5.82 Å². The van der Waals surface area contributed by atoms with Gasteiger partial charge in [-0.25, -0.2) is 8.42 Å². The maximum absolute atomic E-state index is 12.6. The molecule has 11 heteroatoms. The second-order valence-corrected chi connectivity index (χ2v) is 7.87. The lowest BCUT2D eigenvalue weighted by atomic mass is 10.2. The summed E-state index contributed by atoms with van der Waals surface area (Å²) in [4.78, 5) is 5.95. The number of sulfonamides is 1. The molecule has 1 aromatic carbocycles. The molecule has 0 bridgehead atoms. The number of rotatable bonds is 4. The fourth-order valence-electron chi connectivity index (χ4n) is 2.70. The van der Waals surface area contributed by atoms with Crippen molar-refractivity contribution < 1.29 is 26.1 Å². The first-order valence-corrected chi connectivity index (χ1v) is 9.29. The highest BCUT2D eigenvalue weighted by Gasteiger charge is 2.32. The van der Waals surface area contributed by atoms with Crippen molar-refractivity contribution in [1.82, 2.24) is 19.3 Å². The Balaban J connectivity index is 1.64. The van der Waals surface area contributed by atoms with Crippen LogP contribution < -0.4 is 0 Å². The minimum absolute atomic E-state index is 0.146. The molecule has 0 atom stereocenters. The van der Waals surface area contributed by atoms with Crippen LogP contribution in [-0.4, -0.2) is 53.9 Å². The molecule has 26 heavy (non-hydrogen) atoms. The van der Waals surface area contributed by atoms with Crippen molar-refractivity contribution in [1.29, 1.82) is 0 Å². The Hall–Kier alpha value is -1.98. The first-order chi connectivity index (χ1) is 12.2. The average Bonchev–Trinajstić information content (AvgIpc) is 2.99. The highest BCUT2D eigenvalue weighted by Crippen LogP contribution is 2.30. The van der Waals surface area contributed by atoms with Crippen LogP contribution >= 0.6 is 0 Å². The molecular weight excluding hydrogens is 373 g/mol. The standard InChI is InChI=1S/C15H17F3N4O3S/c1-11-19-14(20-25-11)10-21-6-8-22(9-7-21)26(23,24)13-4-2-12(3-5-13)15(16,17)18/h2-5H,6-10H2,1H3. The van der Waals surface area contributed by atoms with Gasteiger partial charge in [-0.1, -0.05) is 5.16 Å². The SMILES string of the molecule is Cc1nc(CN2CCN(S(=O)(=O)c3ccc(C(F)(F)F)cc3)CC2)no1. The Labute approximate surface area is 148 Å². The maximum Gasteiger partial charge on any atom is 0.416 e. The number of benzene rings is 1. The third-order valence-electron chi connectivity index (χ3n) is 4.09. The summed E-state index contributed by atoms with van der Waals surface area (Å²) < 4.78 is 69.2. The zero-order valence-corrected chi connectivity index (χ0v) is 14.7. The smallest absolute Gasteiger partial charge is 0.340 e. The van der Waals surface area contributed by atoms with E-state index in [1.165, 1.54) is 4.31 Å². The summed E-state index contributed by atoms with van der Waals surface area (Å²) in [6.07, 6.45) is -4.50. The van der Waals surface area contributed by atoms with Crippen LogP contribution in [0.15, 0.2) is 33.7 Å². The van der Waals surface area contributed by atoms with Crippen molar-refractivity contribution in [2.75, 3.05) is 26.2 Å². The van der Waals surface area contributed by atoms with E-state index in [1.54, 1.807) is 6.92 Å². The van der Waals surface area contributed by atoms with Crippen LogP contribution in [0, 0.1) is 6.92 Å². The summed E-state index contributed by atoms with van der Waals surface area (Å²) in [6.45, 7) is 3.54. The van der Waals surface area contributed by atoms with Crippen molar-refractivity contribution in [2.24, 2.45) is 0 Å². The van der Waals surface area contributed by atoms with Gasteiger partial charge in [0.05, 0.1) is 17.0 Å². The molecule has 142 valence electrons. The van der Waals surface area contributed by atoms with Gasteiger partial charge in [-0.2, -0.15) is 22.5 Å². The summed E-state index contributed by atoms with van der Waals surface area (Å²) in [5.74, 6) is 0.991. The summed E-state index contributed by atoms with van der Waals surface area (Å²) in [6, 6.07) is 3.54. The molecule has 2 aromatic rings. The van der Waals surface area contributed by atoms with Crippen molar-refractivity contribution in [3.05, 3.63) is 41.5 Å². The highest BCUT2D eigenvalue weighted by atomic mass is 32.2. The highest BCUT2D eigenvalue weighted by molar-refractivity contribution is 7.89. The molecular formula is C15H17F3N4O3S. The number of aryl methyl sites for hydroxylation is 1. The lowest BCUT2D eigenvalue weighted by Crippen LogP contribution is -2.48. The molecule has 0 saturated carbocycles. The fraction of sp³-hybridized carbons (Fsp3) is 0.467. The molecule has 1 fully saturated rings. The Morgan fingerprint density at radius 3 is 2.23 bits per heavy atom. The normalized spacial score (nSPS) is 17.5. The second kappa shape index (κ2) is 6.97. The van der Waals surface area contributed by atoms with E-state index in [4.69, 9.17) is 4.52 Å². The molecule has 0 spiro atoms. The Kier molecular flexibility index (Phi) is 5.04. The first kappa shape index (κ1) is 18.8. The number of piperazine rings is 1. The minimum atomic E-state index is -4.50. The predicted molar refractivity (Wildman–Crippen MR) is 84.5 cm³/mol. The van der Waals surface area contributed by atoms with Gasteiger partial charge in [0.2, 0.25) is 15.9 Å². The number of aromatic nitrogens is 2. The summed E-state index contributed by atoms with van der Waals surface area (Å²) >= 11 is 0. The van der Waals surface area contributed by atoms with Crippen LogP contribution in [0.4, 0.5) is 13.2 Å². The molecule has 1 aromatic heterocycles. The fourth-order valence-corrected chi connectivity index (χ4v) is 4.12. The molecule has 0 aliphatic carbocycles. The predicted octanol–water partition coefficient (Wildman–Crippen LogP) is 1.90. The molecule has 0 amide bonds. The third kappa shape index (κ3) is 4.05. The molecule has 0 radical (unpaired) electrons. The van der Waals surface area contributed by atoms with E-state index in [0.717, 1.165) is 24.3 Å². The Morgan fingerprint density at radius 2 is 1.73 bits per heavy atom. The first-order valence-electron chi connectivity index (χ1n) is 7.85. The van der Waals surface area contributed by atoms with Crippen LogP contribution in [0.2, 0.25) is 0 Å². The van der Waals surface area contributed by atoms with Gasteiger partial charge in [-0.05, 0) is 24.3 Å². The Morgan fingerprint density at radius 1 is 1.12 bits per heavy atom. The van der Waals surface area contributed by atoms with Crippen molar-refractivity contribution in [2.45, 2.75) is 24.5 Å². The molecule has 3 rings (SSSR count). The van der Waals surface area contributed by atoms with E-state index in [1.807, 2.05) is 4.90 Å². The van der Waals surface area contributed by atoms with Gasteiger partial charge in [0.25, 0.3) is 0 Å². The van der Waals surface area contributed by atoms with Crippen LogP contribution in [0.1, 0.15) is 17.3 Å². The molecule has 1 saturated heterocycles. The van der Waals surface area contributed by atoms with E-state index in [9.17, 15) is 21.6 Å². The molecule has 0 unspecified atom stereocenters. The number of hydrogen-bond donors (Lipinski definition) is 0.